The summed E-state index contributed by atoms with van der Waals surface area (Å²) in [6.45, 7) is 7.34. The zero-order chi connectivity index (χ0) is 18.8. The molecule has 136 valence electrons. The minimum atomic E-state index is -4.39. The summed E-state index contributed by atoms with van der Waals surface area (Å²) in [5, 5.41) is 0. The van der Waals surface area contributed by atoms with E-state index in [0.717, 1.165) is 17.7 Å². The van der Waals surface area contributed by atoms with Gasteiger partial charge in [-0.25, -0.2) is 8.93 Å². The maximum atomic E-state index is 12.8. The van der Waals surface area contributed by atoms with Crippen molar-refractivity contribution in [3.05, 3.63) is 65.0 Å². The van der Waals surface area contributed by atoms with Gasteiger partial charge >= 0.3 is 6.18 Å². The summed E-state index contributed by atoms with van der Waals surface area (Å²) in [6, 6.07) is 7.93. The van der Waals surface area contributed by atoms with Crippen molar-refractivity contribution < 1.29 is 17.4 Å². The Morgan fingerprint density at radius 1 is 1.08 bits per heavy atom. The molecule has 0 aliphatic rings. The van der Waals surface area contributed by atoms with Crippen LogP contribution in [0, 0.1) is 6.92 Å². The van der Waals surface area contributed by atoms with Crippen molar-refractivity contribution in [1.29, 1.82) is 0 Å². The molecule has 25 heavy (non-hydrogen) atoms. The first-order chi connectivity index (χ1) is 11.5. The molecule has 0 bridgehead atoms. The van der Waals surface area contributed by atoms with Crippen LogP contribution in [0.2, 0.25) is 0 Å². The molecule has 0 spiro atoms. The highest BCUT2D eigenvalue weighted by molar-refractivity contribution is 7.84. The minimum Gasteiger partial charge on any atom is -0.259 e. The molecule has 0 unspecified atom stereocenters. The predicted octanol–water partition coefficient (Wildman–Crippen LogP) is 4.55. The Balaban J connectivity index is 2.45. The first-order valence-electron chi connectivity index (χ1n) is 7.77. The largest absolute Gasteiger partial charge is 0.416 e. The highest BCUT2D eigenvalue weighted by atomic mass is 32.2. The van der Waals surface area contributed by atoms with E-state index in [9.17, 15) is 17.4 Å². The summed E-state index contributed by atoms with van der Waals surface area (Å²) in [5.41, 5.74) is 1.36. The second kappa shape index (κ2) is 7.25. The van der Waals surface area contributed by atoms with E-state index in [4.69, 9.17) is 0 Å². The average molecular weight is 370 g/mol. The van der Waals surface area contributed by atoms with Crippen LogP contribution in [0.3, 0.4) is 0 Å². The predicted molar refractivity (Wildman–Crippen MR) is 93.3 cm³/mol. The van der Waals surface area contributed by atoms with Gasteiger partial charge in [-0.1, -0.05) is 18.2 Å². The zero-order valence-corrected chi connectivity index (χ0v) is 15.3. The number of hydrogen-bond acceptors (Lipinski definition) is 2. The van der Waals surface area contributed by atoms with Gasteiger partial charge in [-0.15, -0.1) is 0 Å². The van der Waals surface area contributed by atoms with Crippen LogP contribution in [-0.4, -0.2) is 13.9 Å². The smallest absolute Gasteiger partial charge is 0.259 e. The molecule has 1 aromatic carbocycles. The van der Waals surface area contributed by atoms with Gasteiger partial charge in [-0.3, -0.25) is 4.98 Å². The normalized spacial score (nSPS) is 15.0. The maximum absolute atomic E-state index is 12.8. The molecule has 1 N–H and O–H groups in total. The van der Waals surface area contributed by atoms with E-state index in [-0.39, 0.29) is 0 Å². The molecule has 2 atom stereocenters. The molecular formula is C18H21F3N2OS. The van der Waals surface area contributed by atoms with E-state index in [2.05, 4.69) is 9.71 Å². The van der Waals surface area contributed by atoms with Crippen LogP contribution in [0.15, 0.2) is 42.6 Å². The summed E-state index contributed by atoms with van der Waals surface area (Å²) in [6.07, 6.45) is -2.78. The van der Waals surface area contributed by atoms with Gasteiger partial charge in [-0.05, 0) is 57.0 Å². The quantitative estimate of drug-likeness (QED) is 0.858. The molecule has 0 aliphatic carbocycles. The molecule has 3 nitrogen and oxygen atoms in total. The van der Waals surface area contributed by atoms with Gasteiger partial charge in [0.25, 0.3) is 0 Å². The number of halogens is 3. The molecule has 1 heterocycles. The van der Waals surface area contributed by atoms with E-state index in [1.807, 2.05) is 33.8 Å². The summed E-state index contributed by atoms with van der Waals surface area (Å²) < 4.78 is 53.4. The molecule has 0 radical (unpaired) electrons. The third kappa shape index (κ3) is 4.89. The molecule has 1 aromatic heterocycles. The Kier molecular flexibility index (Phi) is 5.68. The van der Waals surface area contributed by atoms with Crippen molar-refractivity contribution in [2.24, 2.45) is 0 Å². The van der Waals surface area contributed by atoms with Crippen LogP contribution in [0.25, 0.3) is 0 Å². The first kappa shape index (κ1) is 19.6. The minimum absolute atomic E-state index is 0.521. The van der Waals surface area contributed by atoms with Gasteiger partial charge in [0, 0.05) is 6.20 Å². The number of pyridine rings is 1. The number of hydrogen-bond donors (Lipinski definition) is 1. The van der Waals surface area contributed by atoms with E-state index >= 15 is 0 Å². The fourth-order valence-corrected chi connectivity index (χ4v) is 3.05. The summed E-state index contributed by atoms with van der Waals surface area (Å²) >= 11 is 0. The van der Waals surface area contributed by atoms with E-state index in [1.54, 1.807) is 12.3 Å². The van der Waals surface area contributed by atoms with Crippen LogP contribution in [0.1, 0.15) is 49.2 Å². The third-order valence-corrected chi connectivity index (χ3v) is 5.24. The number of nitrogens with one attached hydrogen (secondary N) is 1. The summed E-state index contributed by atoms with van der Waals surface area (Å²) in [4.78, 5) is 4.34. The fraction of sp³-hybridized carbons (Fsp3) is 0.389. The third-order valence-electron chi connectivity index (χ3n) is 3.68. The van der Waals surface area contributed by atoms with E-state index in [0.29, 0.717) is 11.3 Å². The summed E-state index contributed by atoms with van der Waals surface area (Å²) in [5.74, 6) is 0. The van der Waals surface area contributed by atoms with Crippen molar-refractivity contribution in [3.8, 4) is 0 Å². The van der Waals surface area contributed by atoms with Crippen molar-refractivity contribution in [2.45, 2.75) is 44.7 Å². The Morgan fingerprint density at radius 3 is 2.16 bits per heavy atom. The van der Waals surface area contributed by atoms with Crippen LogP contribution >= 0.6 is 0 Å². The van der Waals surface area contributed by atoms with Crippen LogP contribution in [-0.2, 0) is 17.2 Å². The van der Waals surface area contributed by atoms with Crippen molar-refractivity contribution in [2.75, 3.05) is 0 Å². The monoisotopic (exact) mass is 370 g/mol. The number of rotatable bonds is 4. The lowest BCUT2D eigenvalue weighted by Gasteiger charge is -2.25. The standard InChI is InChI=1S/C18H21F3N2OS/c1-12-6-5-11-22-15(12)16(23-25(24)17(2,3)4)13-7-9-14(10-8-13)18(19,20)21/h5-11,16,23H,1-4H3/t16-,25-/m0/s1. The highest BCUT2D eigenvalue weighted by Gasteiger charge is 2.31. The lowest BCUT2D eigenvalue weighted by molar-refractivity contribution is -0.137. The van der Waals surface area contributed by atoms with Crippen LogP contribution < -0.4 is 4.72 Å². The highest BCUT2D eigenvalue weighted by Crippen LogP contribution is 2.31. The average Bonchev–Trinajstić information content (AvgIpc) is 2.51. The number of aromatic nitrogens is 1. The zero-order valence-electron chi connectivity index (χ0n) is 14.5. The molecule has 2 aromatic rings. The van der Waals surface area contributed by atoms with Gasteiger partial charge in [0.15, 0.2) is 0 Å². The Bertz CT molecular complexity index is 752. The Labute approximate surface area is 148 Å². The lowest BCUT2D eigenvalue weighted by atomic mass is 9.99. The van der Waals surface area contributed by atoms with Crippen LogP contribution in [0.5, 0.6) is 0 Å². The Hall–Kier alpha value is -1.73. The molecule has 0 fully saturated rings. The number of alkyl halides is 3. The van der Waals surface area contributed by atoms with Gasteiger partial charge in [0.2, 0.25) is 0 Å². The lowest BCUT2D eigenvalue weighted by Crippen LogP contribution is -2.36. The number of aryl methyl sites for hydroxylation is 1. The molecule has 2 rings (SSSR count). The molecule has 0 amide bonds. The van der Waals surface area contributed by atoms with Gasteiger partial charge in [0.1, 0.15) is 0 Å². The summed E-state index contributed by atoms with van der Waals surface area (Å²) in [7, 11) is -1.41. The van der Waals surface area contributed by atoms with Gasteiger partial charge < -0.3 is 0 Å². The molecule has 0 saturated carbocycles. The Morgan fingerprint density at radius 2 is 1.68 bits per heavy atom. The second-order valence-electron chi connectivity index (χ2n) is 6.76. The number of benzene rings is 1. The molecule has 0 aliphatic heterocycles. The van der Waals surface area contributed by atoms with Gasteiger partial charge in [0.05, 0.1) is 33.0 Å². The van der Waals surface area contributed by atoms with Gasteiger partial charge in [-0.2, -0.15) is 13.2 Å². The van der Waals surface area contributed by atoms with Crippen molar-refractivity contribution in [3.63, 3.8) is 0 Å². The van der Waals surface area contributed by atoms with E-state index < -0.39 is 33.5 Å². The molecule has 7 heteroatoms. The first-order valence-corrected chi connectivity index (χ1v) is 8.92. The topological polar surface area (TPSA) is 42.0 Å². The van der Waals surface area contributed by atoms with Crippen molar-refractivity contribution >= 4 is 11.0 Å². The molecular weight excluding hydrogens is 349 g/mol. The van der Waals surface area contributed by atoms with E-state index in [1.165, 1.54) is 12.1 Å². The fourth-order valence-electron chi connectivity index (χ4n) is 2.23. The second-order valence-corrected chi connectivity index (χ2v) is 8.76. The van der Waals surface area contributed by atoms with Crippen molar-refractivity contribution in [1.82, 2.24) is 9.71 Å². The SMILES string of the molecule is Cc1cccnc1[C@@H](N[S@@](=O)C(C)(C)C)c1ccc(C(F)(F)F)cc1. The number of nitrogens with zero attached hydrogens (tertiary/aromatic N) is 1. The maximum Gasteiger partial charge on any atom is 0.416 e. The molecule has 0 saturated heterocycles. The van der Waals surface area contributed by atoms with Crippen LogP contribution in [0.4, 0.5) is 13.2 Å².